The molecule has 2 aromatic rings. The molecule has 2 aromatic carbocycles. The number of benzene rings is 2. The molecule has 0 aromatic heterocycles. The number of rotatable bonds is 10. The van der Waals surface area contributed by atoms with E-state index >= 15 is 0 Å². The number of aryl methyl sites for hydroxylation is 2. The third-order valence-electron chi connectivity index (χ3n) is 5.79. The summed E-state index contributed by atoms with van der Waals surface area (Å²) in [7, 11) is 0. The second kappa shape index (κ2) is 11.4. The van der Waals surface area contributed by atoms with Crippen LogP contribution in [0, 0.1) is 5.92 Å². The van der Waals surface area contributed by atoms with E-state index in [1.54, 1.807) is 0 Å². The molecule has 0 fully saturated rings. The Labute approximate surface area is 182 Å². The SMILES string of the molecule is C=C(Nc1ccc(CCCc2ccc(C3=CCC=CC=C3)cc2)cc1)C(C)CCC. The Balaban J connectivity index is 1.46. The summed E-state index contributed by atoms with van der Waals surface area (Å²) in [5.74, 6) is 0.507. The van der Waals surface area contributed by atoms with Gasteiger partial charge in [0.1, 0.15) is 0 Å². The van der Waals surface area contributed by atoms with Crippen molar-refractivity contribution in [1.82, 2.24) is 0 Å². The number of hydrogen-bond donors (Lipinski definition) is 1. The maximum atomic E-state index is 4.19. The fraction of sp³-hybridized carbons (Fsp3) is 0.310. The zero-order valence-electron chi connectivity index (χ0n) is 18.5. The number of hydrogen-bond acceptors (Lipinski definition) is 1. The average molecular weight is 398 g/mol. The van der Waals surface area contributed by atoms with E-state index in [4.69, 9.17) is 0 Å². The fourth-order valence-electron chi connectivity index (χ4n) is 3.82. The molecule has 0 amide bonds. The zero-order chi connectivity index (χ0) is 21.2. The molecule has 0 spiro atoms. The predicted molar refractivity (Wildman–Crippen MR) is 133 cm³/mol. The molecule has 0 radical (unpaired) electrons. The van der Waals surface area contributed by atoms with Crippen LogP contribution in [0.4, 0.5) is 5.69 Å². The monoisotopic (exact) mass is 397 g/mol. The van der Waals surface area contributed by atoms with Gasteiger partial charge in [0, 0.05) is 11.4 Å². The highest BCUT2D eigenvalue weighted by atomic mass is 14.9. The van der Waals surface area contributed by atoms with Gasteiger partial charge in [-0.2, -0.15) is 0 Å². The van der Waals surface area contributed by atoms with Gasteiger partial charge in [0.2, 0.25) is 0 Å². The van der Waals surface area contributed by atoms with Crippen molar-refractivity contribution >= 4 is 11.3 Å². The average Bonchev–Trinajstić information content (AvgIpc) is 3.05. The zero-order valence-corrected chi connectivity index (χ0v) is 18.5. The molecule has 0 bridgehead atoms. The molecular weight excluding hydrogens is 362 g/mol. The Hall–Kier alpha value is -2.80. The first-order chi connectivity index (χ1) is 14.7. The molecule has 156 valence electrons. The van der Waals surface area contributed by atoms with Crippen LogP contribution in [0.2, 0.25) is 0 Å². The van der Waals surface area contributed by atoms with E-state index < -0.39 is 0 Å². The first kappa shape index (κ1) is 21.9. The lowest BCUT2D eigenvalue weighted by molar-refractivity contribution is 0.606. The Morgan fingerprint density at radius 2 is 1.63 bits per heavy atom. The van der Waals surface area contributed by atoms with Crippen LogP contribution in [-0.2, 0) is 12.8 Å². The number of allylic oxidation sites excluding steroid dienone is 7. The van der Waals surface area contributed by atoms with Crippen LogP contribution < -0.4 is 5.32 Å². The molecule has 1 heteroatoms. The summed E-state index contributed by atoms with van der Waals surface area (Å²) in [6.07, 6.45) is 17.7. The highest BCUT2D eigenvalue weighted by Gasteiger charge is 2.06. The van der Waals surface area contributed by atoms with Crippen molar-refractivity contribution in [3.63, 3.8) is 0 Å². The second-order valence-corrected chi connectivity index (χ2v) is 8.27. The molecule has 0 saturated carbocycles. The minimum atomic E-state index is 0.507. The lowest BCUT2D eigenvalue weighted by atomic mass is 9.99. The third-order valence-corrected chi connectivity index (χ3v) is 5.79. The maximum Gasteiger partial charge on any atom is 0.0381 e. The van der Waals surface area contributed by atoms with E-state index in [1.165, 1.54) is 41.5 Å². The van der Waals surface area contributed by atoms with Crippen LogP contribution >= 0.6 is 0 Å². The molecule has 1 N–H and O–H groups in total. The van der Waals surface area contributed by atoms with E-state index in [9.17, 15) is 0 Å². The normalized spacial score (nSPS) is 14.1. The second-order valence-electron chi connectivity index (χ2n) is 8.27. The van der Waals surface area contributed by atoms with E-state index in [1.807, 2.05) is 0 Å². The van der Waals surface area contributed by atoms with Crippen molar-refractivity contribution < 1.29 is 0 Å². The summed E-state index contributed by atoms with van der Waals surface area (Å²) in [5.41, 5.74) is 7.67. The summed E-state index contributed by atoms with van der Waals surface area (Å²) in [6.45, 7) is 8.65. The topological polar surface area (TPSA) is 12.0 Å². The van der Waals surface area contributed by atoms with Crippen LogP contribution in [0.15, 0.2) is 91.2 Å². The summed E-state index contributed by atoms with van der Waals surface area (Å²) in [5, 5.41) is 3.46. The van der Waals surface area contributed by atoms with E-state index in [2.05, 4.69) is 105 Å². The molecule has 1 unspecified atom stereocenters. The molecule has 0 heterocycles. The molecule has 30 heavy (non-hydrogen) atoms. The lowest BCUT2D eigenvalue weighted by Gasteiger charge is -2.16. The van der Waals surface area contributed by atoms with Crippen LogP contribution in [0.3, 0.4) is 0 Å². The Bertz CT molecular complexity index is 894. The third kappa shape index (κ3) is 6.62. The first-order valence-electron chi connectivity index (χ1n) is 11.3. The van der Waals surface area contributed by atoms with Crippen molar-refractivity contribution in [2.45, 2.75) is 52.4 Å². The Morgan fingerprint density at radius 1 is 0.967 bits per heavy atom. The lowest BCUT2D eigenvalue weighted by Crippen LogP contribution is -2.07. The Kier molecular flexibility index (Phi) is 8.32. The van der Waals surface area contributed by atoms with Crippen LogP contribution in [0.5, 0.6) is 0 Å². The molecule has 3 rings (SSSR count). The maximum absolute atomic E-state index is 4.19. The standard InChI is InChI=1S/C29H35N/c1-4-10-23(2)24(3)30-29-21-17-26(18-22-29)12-9-11-25-15-19-28(20-16-25)27-13-7-5-6-8-14-27/h5-7,13-23,30H,3-4,8-12H2,1-2H3. The number of anilines is 1. The van der Waals surface area contributed by atoms with E-state index in [0.29, 0.717) is 5.92 Å². The summed E-state index contributed by atoms with van der Waals surface area (Å²) in [4.78, 5) is 0. The van der Waals surface area contributed by atoms with Gasteiger partial charge in [0.25, 0.3) is 0 Å². The molecule has 1 aliphatic carbocycles. The van der Waals surface area contributed by atoms with Crippen LogP contribution in [0.25, 0.3) is 5.57 Å². The smallest absolute Gasteiger partial charge is 0.0381 e. The number of nitrogens with one attached hydrogen (secondary N) is 1. The minimum Gasteiger partial charge on any atom is -0.359 e. The highest BCUT2D eigenvalue weighted by molar-refractivity contribution is 5.75. The van der Waals surface area contributed by atoms with Gasteiger partial charge < -0.3 is 5.32 Å². The van der Waals surface area contributed by atoms with Crippen molar-refractivity contribution in [3.05, 3.63) is 108 Å². The fourth-order valence-corrected chi connectivity index (χ4v) is 3.82. The van der Waals surface area contributed by atoms with Crippen molar-refractivity contribution in [2.75, 3.05) is 5.32 Å². The summed E-state index contributed by atoms with van der Waals surface area (Å²) in [6, 6.07) is 17.9. The van der Waals surface area contributed by atoms with Gasteiger partial charge in [0.05, 0.1) is 0 Å². The molecule has 0 saturated heterocycles. The van der Waals surface area contributed by atoms with Gasteiger partial charge in [0.15, 0.2) is 0 Å². The molecule has 1 atom stereocenters. The summed E-state index contributed by atoms with van der Waals surface area (Å²) < 4.78 is 0. The van der Waals surface area contributed by atoms with Gasteiger partial charge >= 0.3 is 0 Å². The van der Waals surface area contributed by atoms with Crippen molar-refractivity contribution in [1.29, 1.82) is 0 Å². The quantitative estimate of drug-likeness (QED) is 0.427. The van der Waals surface area contributed by atoms with Gasteiger partial charge in [-0.25, -0.2) is 0 Å². The highest BCUT2D eigenvalue weighted by Crippen LogP contribution is 2.21. The first-order valence-corrected chi connectivity index (χ1v) is 11.3. The van der Waals surface area contributed by atoms with E-state index in [-0.39, 0.29) is 0 Å². The van der Waals surface area contributed by atoms with E-state index in [0.717, 1.165) is 30.6 Å². The van der Waals surface area contributed by atoms with Crippen molar-refractivity contribution in [2.24, 2.45) is 5.92 Å². The molecule has 0 aliphatic heterocycles. The minimum absolute atomic E-state index is 0.507. The van der Waals surface area contributed by atoms with Gasteiger partial charge in [-0.15, -0.1) is 0 Å². The largest absolute Gasteiger partial charge is 0.359 e. The van der Waals surface area contributed by atoms with Gasteiger partial charge in [-0.3, -0.25) is 0 Å². The summed E-state index contributed by atoms with van der Waals surface area (Å²) >= 11 is 0. The molecule has 1 nitrogen and oxygen atoms in total. The van der Waals surface area contributed by atoms with Gasteiger partial charge in [-0.05, 0) is 72.4 Å². The van der Waals surface area contributed by atoms with Crippen LogP contribution in [-0.4, -0.2) is 0 Å². The predicted octanol–water partition coefficient (Wildman–Crippen LogP) is 8.12. The molecular formula is C29H35N. The van der Waals surface area contributed by atoms with Crippen LogP contribution in [0.1, 0.15) is 56.2 Å². The van der Waals surface area contributed by atoms with Gasteiger partial charge in [-0.1, -0.05) is 93.6 Å². The molecule has 1 aliphatic rings. The van der Waals surface area contributed by atoms with Crippen molar-refractivity contribution in [3.8, 4) is 0 Å². The Morgan fingerprint density at radius 3 is 2.30 bits per heavy atom.